The molecule has 0 radical (unpaired) electrons. The summed E-state index contributed by atoms with van der Waals surface area (Å²) >= 11 is 0. The molecule has 2 heterocycles. The van der Waals surface area contributed by atoms with E-state index in [-0.39, 0.29) is 18.3 Å². The van der Waals surface area contributed by atoms with Crippen LogP contribution in [-0.4, -0.2) is 41.9 Å². The zero-order chi connectivity index (χ0) is 17.9. The first-order valence-electron chi connectivity index (χ1n) is 8.04. The van der Waals surface area contributed by atoms with Crippen molar-refractivity contribution in [3.63, 3.8) is 0 Å². The topological polar surface area (TPSA) is 97.6 Å². The van der Waals surface area contributed by atoms with Gasteiger partial charge in [0.05, 0.1) is 17.9 Å². The molecule has 0 aliphatic carbocycles. The van der Waals surface area contributed by atoms with Gasteiger partial charge in [-0.3, -0.25) is 14.4 Å². The lowest BCUT2D eigenvalue weighted by atomic mass is 9.92. The van der Waals surface area contributed by atoms with Crippen molar-refractivity contribution in [2.24, 2.45) is 5.92 Å². The number of carbonyl (C=O) groups excluding carboxylic acids is 3. The van der Waals surface area contributed by atoms with E-state index in [1.165, 1.54) is 18.6 Å². The minimum Gasteiger partial charge on any atom is -0.472 e. The van der Waals surface area contributed by atoms with Crippen LogP contribution < -0.4 is 10.6 Å². The zero-order valence-electron chi connectivity index (χ0n) is 14.4. The van der Waals surface area contributed by atoms with Gasteiger partial charge in [-0.25, -0.2) is 0 Å². The van der Waals surface area contributed by atoms with Crippen LogP contribution in [0.4, 0.5) is 0 Å². The van der Waals surface area contributed by atoms with Crippen molar-refractivity contribution >= 4 is 17.6 Å². The molecule has 2 N–H and O–H groups in total. The molecular formula is C17H24N2O5. The standard InChI is InChI=1S/C17H24N2O5/c1-10(2)7-13(18-15(21)12-5-6-23-8-12)16(22)19-17(4)11(3)24-9-14(17)20/h5-6,8,10-11,13H,7,9H2,1-4H3,(H,18,21)(H,19,22). The highest BCUT2D eigenvalue weighted by Crippen LogP contribution is 2.22. The molecule has 132 valence electrons. The van der Waals surface area contributed by atoms with Crippen LogP contribution in [0.25, 0.3) is 0 Å². The van der Waals surface area contributed by atoms with Crippen LogP contribution in [0.5, 0.6) is 0 Å². The number of rotatable bonds is 6. The largest absolute Gasteiger partial charge is 0.472 e. The highest BCUT2D eigenvalue weighted by atomic mass is 16.5. The second kappa shape index (κ2) is 7.17. The molecule has 7 nitrogen and oxygen atoms in total. The van der Waals surface area contributed by atoms with Gasteiger partial charge in [-0.05, 0) is 32.3 Å². The first kappa shape index (κ1) is 18.2. The van der Waals surface area contributed by atoms with Crippen molar-refractivity contribution in [2.45, 2.75) is 51.8 Å². The second-order valence-corrected chi connectivity index (χ2v) is 6.74. The van der Waals surface area contributed by atoms with E-state index in [1.54, 1.807) is 13.8 Å². The summed E-state index contributed by atoms with van der Waals surface area (Å²) in [5, 5.41) is 5.47. The molecule has 1 aliphatic rings. The van der Waals surface area contributed by atoms with Gasteiger partial charge in [0, 0.05) is 0 Å². The average Bonchev–Trinajstić information content (AvgIpc) is 3.11. The van der Waals surface area contributed by atoms with Gasteiger partial charge < -0.3 is 19.8 Å². The first-order chi connectivity index (χ1) is 11.2. The third-order valence-electron chi connectivity index (χ3n) is 4.35. The molecule has 1 saturated heterocycles. The summed E-state index contributed by atoms with van der Waals surface area (Å²) in [6.45, 7) is 7.28. The monoisotopic (exact) mass is 336 g/mol. The van der Waals surface area contributed by atoms with Gasteiger partial charge in [0.15, 0.2) is 5.78 Å². The van der Waals surface area contributed by atoms with E-state index in [0.29, 0.717) is 12.0 Å². The minimum absolute atomic E-state index is 0.0197. The van der Waals surface area contributed by atoms with Gasteiger partial charge in [0.1, 0.15) is 24.5 Å². The smallest absolute Gasteiger partial charge is 0.255 e. The number of hydrogen-bond acceptors (Lipinski definition) is 5. The maximum atomic E-state index is 12.7. The first-order valence-corrected chi connectivity index (χ1v) is 8.04. The van der Waals surface area contributed by atoms with Crippen LogP contribution >= 0.6 is 0 Å². The third-order valence-corrected chi connectivity index (χ3v) is 4.35. The number of ketones is 1. The molecule has 0 aromatic carbocycles. The molecule has 1 aromatic heterocycles. The molecule has 1 aromatic rings. The predicted molar refractivity (Wildman–Crippen MR) is 86.4 cm³/mol. The average molecular weight is 336 g/mol. The fourth-order valence-corrected chi connectivity index (χ4v) is 2.60. The fraction of sp³-hybridized carbons (Fsp3) is 0.588. The Hall–Kier alpha value is -2.15. The summed E-state index contributed by atoms with van der Waals surface area (Å²) in [6, 6.07) is 0.780. The molecule has 1 fully saturated rings. The van der Waals surface area contributed by atoms with Crippen LogP contribution in [0.2, 0.25) is 0 Å². The van der Waals surface area contributed by atoms with E-state index >= 15 is 0 Å². The lowest BCUT2D eigenvalue weighted by Crippen LogP contribution is -2.60. The molecule has 24 heavy (non-hydrogen) atoms. The molecule has 2 amide bonds. The molecule has 1 aliphatic heterocycles. The van der Waals surface area contributed by atoms with E-state index in [9.17, 15) is 14.4 Å². The summed E-state index contributed by atoms with van der Waals surface area (Å²) in [6.07, 6.45) is 2.74. The zero-order valence-corrected chi connectivity index (χ0v) is 14.4. The van der Waals surface area contributed by atoms with Gasteiger partial charge in [-0.2, -0.15) is 0 Å². The van der Waals surface area contributed by atoms with Gasteiger partial charge in [-0.1, -0.05) is 13.8 Å². The lowest BCUT2D eigenvalue weighted by molar-refractivity contribution is -0.130. The normalized spacial score (nSPS) is 24.9. The number of hydrogen-bond donors (Lipinski definition) is 2. The molecule has 2 rings (SSSR count). The molecule has 0 saturated carbocycles. The maximum absolute atomic E-state index is 12.7. The Labute approximate surface area is 141 Å². The Balaban J connectivity index is 2.10. The summed E-state index contributed by atoms with van der Waals surface area (Å²) in [5.41, 5.74) is -0.733. The summed E-state index contributed by atoms with van der Waals surface area (Å²) in [7, 11) is 0. The fourth-order valence-electron chi connectivity index (χ4n) is 2.60. The molecule has 0 bridgehead atoms. The van der Waals surface area contributed by atoms with Crippen LogP contribution in [0.1, 0.15) is 44.5 Å². The van der Waals surface area contributed by atoms with E-state index in [1.807, 2.05) is 13.8 Å². The minimum atomic E-state index is -1.08. The molecule has 0 spiro atoms. The van der Waals surface area contributed by atoms with Crippen molar-refractivity contribution in [3.8, 4) is 0 Å². The Morgan fingerprint density at radius 3 is 2.62 bits per heavy atom. The maximum Gasteiger partial charge on any atom is 0.255 e. The van der Waals surface area contributed by atoms with Crippen molar-refractivity contribution in [1.82, 2.24) is 10.6 Å². The molecule has 3 atom stereocenters. The van der Waals surface area contributed by atoms with Crippen molar-refractivity contribution in [3.05, 3.63) is 24.2 Å². The van der Waals surface area contributed by atoms with Crippen LogP contribution in [0, 0.1) is 5.92 Å². The number of nitrogens with one attached hydrogen (secondary N) is 2. The number of amides is 2. The van der Waals surface area contributed by atoms with Crippen molar-refractivity contribution in [2.75, 3.05) is 6.61 Å². The van der Waals surface area contributed by atoms with Crippen LogP contribution in [0.3, 0.4) is 0 Å². The number of furan rings is 1. The third kappa shape index (κ3) is 3.84. The van der Waals surface area contributed by atoms with E-state index in [2.05, 4.69) is 10.6 Å². The van der Waals surface area contributed by atoms with Gasteiger partial charge in [-0.15, -0.1) is 0 Å². The number of ether oxygens (including phenoxy) is 1. The number of Topliss-reactive ketones (excluding diaryl/α,β-unsaturated/α-hetero) is 1. The summed E-state index contributed by atoms with van der Waals surface area (Å²) < 4.78 is 10.2. The van der Waals surface area contributed by atoms with E-state index in [0.717, 1.165) is 0 Å². The van der Waals surface area contributed by atoms with E-state index in [4.69, 9.17) is 9.15 Å². The van der Waals surface area contributed by atoms with Gasteiger partial charge >= 0.3 is 0 Å². The Morgan fingerprint density at radius 1 is 1.42 bits per heavy atom. The highest BCUT2D eigenvalue weighted by Gasteiger charge is 2.47. The molecule has 7 heteroatoms. The Kier molecular flexibility index (Phi) is 5.43. The summed E-state index contributed by atoms with van der Waals surface area (Å²) in [5.74, 6) is -0.774. The molecular weight excluding hydrogens is 312 g/mol. The molecule has 3 unspecified atom stereocenters. The van der Waals surface area contributed by atoms with Crippen LogP contribution in [-0.2, 0) is 14.3 Å². The Bertz CT molecular complexity index is 611. The van der Waals surface area contributed by atoms with Gasteiger partial charge in [0.25, 0.3) is 5.91 Å². The van der Waals surface area contributed by atoms with Crippen molar-refractivity contribution in [1.29, 1.82) is 0 Å². The number of carbonyl (C=O) groups is 3. The summed E-state index contributed by atoms with van der Waals surface area (Å²) in [4.78, 5) is 36.9. The van der Waals surface area contributed by atoms with E-state index < -0.39 is 29.5 Å². The lowest BCUT2D eigenvalue weighted by Gasteiger charge is -2.30. The van der Waals surface area contributed by atoms with Crippen molar-refractivity contribution < 1.29 is 23.5 Å². The SMILES string of the molecule is CC(C)CC(NC(=O)c1ccoc1)C(=O)NC1(C)C(=O)COC1C. The Morgan fingerprint density at radius 2 is 2.12 bits per heavy atom. The second-order valence-electron chi connectivity index (χ2n) is 6.74. The quantitative estimate of drug-likeness (QED) is 0.816. The predicted octanol–water partition coefficient (Wildman–Crippen LogP) is 1.29. The van der Waals surface area contributed by atoms with Crippen LogP contribution in [0.15, 0.2) is 23.0 Å². The van der Waals surface area contributed by atoms with Gasteiger partial charge in [0.2, 0.25) is 5.91 Å². The highest BCUT2D eigenvalue weighted by molar-refractivity contribution is 6.00.